The molecule has 0 spiro atoms. The number of thiophene rings is 1. The first-order valence-electron chi connectivity index (χ1n) is 12.1. The zero-order valence-electron chi connectivity index (χ0n) is 19.9. The van der Waals surface area contributed by atoms with Gasteiger partial charge in [-0.2, -0.15) is 5.10 Å². The van der Waals surface area contributed by atoms with Gasteiger partial charge >= 0.3 is 0 Å². The Morgan fingerprint density at radius 2 is 1.81 bits per heavy atom. The molecule has 2 fully saturated rings. The van der Waals surface area contributed by atoms with Crippen molar-refractivity contribution in [3.05, 3.63) is 16.6 Å². The van der Waals surface area contributed by atoms with Crippen LogP contribution in [0.15, 0.2) is 6.07 Å². The molecule has 1 aliphatic heterocycles. The van der Waals surface area contributed by atoms with Crippen LogP contribution in [0.2, 0.25) is 0 Å². The summed E-state index contributed by atoms with van der Waals surface area (Å²) in [6.07, 6.45) is 4.57. The maximum atomic E-state index is 13.0. The molecule has 0 aromatic carbocycles. The van der Waals surface area contributed by atoms with Gasteiger partial charge in [-0.25, -0.2) is 0 Å². The summed E-state index contributed by atoms with van der Waals surface area (Å²) >= 11 is 1.58. The number of aromatic nitrogens is 2. The van der Waals surface area contributed by atoms with E-state index in [4.69, 9.17) is 0 Å². The topological polar surface area (TPSA) is 53.4 Å². The Kier molecular flexibility index (Phi) is 7.04. The largest absolute Gasteiger partial charge is 0.349 e. The van der Waals surface area contributed by atoms with Crippen LogP contribution in [-0.2, 0) is 6.54 Å². The minimum Gasteiger partial charge on any atom is -0.349 e. The van der Waals surface area contributed by atoms with Crippen molar-refractivity contribution in [2.45, 2.75) is 85.0 Å². The summed E-state index contributed by atoms with van der Waals surface area (Å²) in [5, 5.41) is 9.11. The average Bonchev–Trinajstić information content (AvgIpc) is 3.30. The fourth-order valence-corrected chi connectivity index (χ4v) is 6.23. The van der Waals surface area contributed by atoms with Crippen LogP contribution in [-0.4, -0.2) is 69.8 Å². The van der Waals surface area contributed by atoms with Crippen molar-refractivity contribution >= 4 is 27.5 Å². The second-order valence-corrected chi connectivity index (χ2v) is 11.2. The van der Waals surface area contributed by atoms with Crippen molar-refractivity contribution < 1.29 is 4.79 Å². The third kappa shape index (κ3) is 5.15. The molecule has 4 rings (SSSR count). The summed E-state index contributed by atoms with van der Waals surface area (Å²) in [7, 11) is 0. The molecule has 0 radical (unpaired) electrons. The van der Waals surface area contributed by atoms with E-state index in [-0.39, 0.29) is 5.91 Å². The quantitative estimate of drug-likeness (QED) is 0.726. The van der Waals surface area contributed by atoms with E-state index in [1.54, 1.807) is 11.3 Å². The van der Waals surface area contributed by atoms with Gasteiger partial charge in [0.1, 0.15) is 4.83 Å². The van der Waals surface area contributed by atoms with Crippen molar-refractivity contribution in [1.82, 2.24) is 24.9 Å². The molecule has 2 aromatic rings. The normalized spacial score (nSPS) is 23.8. The summed E-state index contributed by atoms with van der Waals surface area (Å²) < 4.78 is 2.07. The number of amides is 1. The molecule has 7 heteroatoms. The Hall–Kier alpha value is -1.44. The zero-order valence-corrected chi connectivity index (χ0v) is 20.7. The van der Waals surface area contributed by atoms with E-state index < -0.39 is 0 Å². The van der Waals surface area contributed by atoms with Gasteiger partial charge in [0, 0.05) is 56.2 Å². The smallest absolute Gasteiger partial charge is 0.261 e. The number of aryl methyl sites for hydroxylation is 1. The van der Waals surface area contributed by atoms with Crippen LogP contribution < -0.4 is 5.32 Å². The van der Waals surface area contributed by atoms with Gasteiger partial charge in [0.05, 0.1) is 10.6 Å². The van der Waals surface area contributed by atoms with Crippen LogP contribution in [0.4, 0.5) is 0 Å². The number of nitrogens with zero attached hydrogens (tertiary/aromatic N) is 4. The highest BCUT2D eigenvalue weighted by atomic mass is 32.1. The Balaban J connectivity index is 1.30. The van der Waals surface area contributed by atoms with Crippen LogP contribution in [0.5, 0.6) is 0 Å². The van der Waals surface area contributed by atoms with Gasteiger partial charge in [0.15, 0.2) is 0 Å². The summed E-state index contributed by atoms with van der Waals surface area (Å²) in [5.74, 6) is 0.621. The van der Waals surface area contributed by atoms with Gasteiger partial charge in [-0.15, -0.1) is 11.3 Å². The Morgan fingerprint density at radius 1 is 1.13 bits per heavy atom. The van der Waals surface area contributed by atoms with E-state index in [1.165, 1.54) is 39.0 Å². The molecule has 0 unspecified atom stereocenters. The van der Waals surface area contributed by atoms with E-state index in [1.807, 2.05) is 13.0 Å². The number of rotatable bonds is 6. The molecule has 31 heavy (non-hydrogen) atoms. The monoisotopic (exact) mass is 445 g/mol. The second kappa shape index (κ2) is 9.59. The van der Waals surface area contributed by atoms with Crippen LogP contribution in [0.3, 0.4) is 0 Å². The first-order chi connectivity index (χ1) is 14.8. The van der Waals surface area contributed by atoms with Gasteiger partial charge in [-0.1, -0.05) is 13.8 Å². The number of carbonyl (C=O) groups is 1. The number of fused-ring (bicyclic) bond motifs is 1. The van der Waals surface area contributed by atoms with Crippen LogP contribution >= 0.6 is 11.3 Å². The fourth-order valence-electron chi connectivity index (χ4n) is 5.15. The lowest BCUT2D eigenvalue weighted by atomic mass is 9.89. The SMILES string of the molecule is Cc1nn(CC(C)C)c2sc(C(=O)NC3CCC(N4CCN(C(C)C)CC4)CC3)cc12. The van der Waals surface area contributed by atoms with Crippen molar-refractivity contribution in [3.63, 3.8) is 0 Å². The lowest BCUT2D eigenvalue weighted by Crippen LogP contribution is -2.53. The van der Waals surface area contributed by atoms with Gasteiger partial charge in [-0.05, 0) is 58.4 Å². The molecule has 1 saturated carbocycles. The molecular weight excluding hydrogens is 406 g/mol. The molecule has 1 saturated heterocycles. The Bertz CT molecular complexity index is 885. The summed E-state index contributed by atoms with van der Waals surface area (Å²) in [6.45, 7) is 16.7. The van der Waals surface area contributed by atoms with E-state index >= 15 is 0 Å². The van der Waals surface area contributed by atoms with Crippen LogP contribution in [0.1, 0.15) is 68.7 Å². The summed E-state index contributed by atoms with van der Waals surface area (Å²) in [6, 6.07) is 3.68. The molecule has 0 atom stereocenters. The van der Waals surface area contributed by atoms with Crippen LogP contribution in [0.25, 0.3) is 10.2 Å². The molecule has 0 bridgehead atoms. The molecule has 2 aliphatic rings. The lowest BCUT2D eigenvalue weighted by molar-refractivity contribution is 0.0593. The molecular formula is C24H39N5OS. The molecule has 1 amide bonds. The predicted octanol–water partition coefficient (Wildman–Crippen LogP) is 4.13. The minimum atomic E-state index is 0.0886. The van der Waals surface area contributed by atoms with Crippen molar-refractivity contribution in [3.8, 4) is 0 Å². The van der Waals surface area contributed by atoms with E-state index in [0.29, 0.717) is 24.0 Å². The summed E-state index contributed by atoms with van der Waals surface area (Å²) in [4.78, 5) is 20.2. The average molecular weight is 446 g/mol. The number of piperazine rings is 1. The van der Waals surface area contributed by atoms with E-state index in [0.717, 1.165) is 40.2 Å². The number of hydrogen-bond acceptors (Lipinski definition) is 5. The molecule has 172 valence electrons. The van der Waals surface area contributed by atoms with Crippen LogP contribution in [0, 0.1) is 12.8 Å². The highest BCUT2D eigenvalue weighted by Gasteiger charge is 2.30. The van der Waals surface area contributed by atoms with Crippen molar-refractivity contribution in [2.75, 3.05) is 26.2 Å². The van der Waals surface area contributed by atoms with E-state index in [2.05, 4.69) is 52.6 Å². The second-order valence-electron chi connectivity index (χ2n) is 10.1. The maximum Gasteiger partial charge on any atom is 0.261 e. The fraction of sp³-hybridized carbons (Fsp3) is 0.750. The van der Waals surface area contributed by atoms with Gasteiger partial charge in [-0.3, -0.25) is 19.3 Å². The maximum absolute atomic E-state index is 13.0. The molecule has 1 aliphatic carbocycles. The first-order valence-corrected chi connectivity index (χ1v) is 12.9. The lowest BCUT2D eigenvalue weighted by Gasteiger charge is -2.43. The third-order valence-corrected chi connectivity index (χ3v) is 8.14. The Labute approximate surface area is 191 Å². The van der Waals surface area contributed by atoms with E-state index in [9.17, 15) is 4.79 Å². The molecule has 3 heterocycles. The van der Waals surface area contributed by atoms with Gasteiger partial charge in [0.25, 0.3) is 5.91 Å². The third-order valence-electron chi connectivity index (χ3n) is 7.00. The Morgan fingerprint density at radius 3 is 2.42 bits per heavy atom. The predicted molar refractivity (Wildman–Crippen MR) is 129 cm³/mol. The minimum absolute atomic E-state index is 0.0886. The highest BCUT2D eigenvalue weighted by Crippen LogP contribution is 2.30. The number of hydrogen-bond donors (Lipinski definition) is 1. The molecule has 1 N–H and O–H groups in total. The zero-order chi connectivity index (χ0) is 22.1. The first kappa shape index (κ1) is 22.7. The molecule has 2 aromatic heterocycles. The molecule has 6 nitrogen and oxygen atoms in total. The standard InChI is InChI=1S/C24H39N5OS/c1-16(2)15-29-24-21(18(5)26-29)14-22(31-24)23(30)25-19-6-8-20(9-7-19)28-12-10-27(11-13-28)17(3)4/h14,16-17,19-20H,6-13,15H2,1-5H3,(H,25,30). The summed E-state index contributed by atoms with van der Waals surface area (Å²) in [5.41, 5.74) is 1.02. The van der Waals surface area contributed by atoms with Gasteiger partial charge in [0.2, 0.25) is 0 Å². The van der Waals surface area contributed by atoms with Gasteiger partial charge < -0.3 is 5.32 Å². The van der Waals surface area contributed by atoms with Crippen molar-refractivity contribution in [2.24, 2.45) is 5.92 Å². The highest BCUT2D eigenvalue weighted by molar-refractivity contribution is 7.20. The van der Waals surface area contributed by atoms with Crippen molar-refractivity contribution in [1.29, 1.82) is 0 Å². The number of carbonyl (C=O) groups excluding carboxylic acids is 1. The number of nitrogens with one attached hydrogen (secondary N) is 1.